The lowest BCUT2D eigenvalue weighted by Crippen LogP contribution is -2.17. The molecule has 12 heavy (non-hydrogen) atoms. The van der Waals surface area contributed by atoms with Gasteiger partial charge in [-0.1, -0.05) is 39.5 Å². The van der Waals surface area contributed by atoms with E-state index in [2.05, 4.69) is 13.8 Å². The first-order chi connectivity index (χ1) is 5.64. The second-order valence-corrected chi connectivity index (χ2v) is 5.01. The molecule has 0 amide bonds. The molecule has 72 valence electrons. The minimum atomic E-state index is 0.155. The molecule has 1 N–H and O–H groups in total. The first kappa shape index (κ1) is 10.0. The molecule has 1 heteroatoms. The molecule has 1 aliphatic carbocycles. The van der Waals surface area contributed by atoms with E-state index in [0.717, 1.165) is 5.92 Å². The van der Waals surface area contributed by atoms with Crippen molar-refractivity contribution in [3.8, 4) is 0 Å². The average Bonchev–Trinajstić information content (AvgIpc) is 2.53. The van der Waals surface area contributed by atoms with Crippen LogP contribution in [-0.2, 0) is 0 Å². The molecule has 0 bridgehead atoms. The van der Waals surface area contributed by atoms with Crippen molar-refractivity contribution in [3.05, 3.63) is 0 Å². The molecule has 1 nitrogen and oxygen atoms in total. The molecule has 1 aliphatic rings. The van der Waals surface area contributed by atoms with E-state index in [-0.39, 0.29) is 5.41 Å². The van der Waals surface area contributed by atoms with Crippen LogP contribution in [0.15, 0.2) is 0 Å². The van der Waals surface area contributed by atoms with Crippen LogP contribution in [0.1, 0.15) is 52.4 Å². The zero-order valence-electron chi connectivity index (χ0n) is 8.47. The molecule has 0 aromatic carbocycles. The van der Waals surface area contributed by atoms with E-state index in [0.29, 0.717) is 6.61 Å². The van der Waals surface area contributed by atoms with Crippen LogP contribution in [-0.4, -0.2) is 11.7 Å². The summed E-state index contributed by atoms with van der Waals surface area (Å²) in [5, 5.41) is 9.07. The summed E-state index contributed by atoms with van der Waals surface area (Å²) in [6.45, 7) is 4.64. The zero-order chi connectivity index (χ0) is 9.03. The summed E-state index contributed by atoms with van der Waals surface area (Å²) >= 11 is 0. The fourth-order valence-electron chi connectivity index (χ4n) is 1.97. The van der Waals surface area contributed by atoms with Gasteiger partial charge < -0.3 is 5.11 Å². The van der Waals surface area contributed by atoms with Crippen molar-refractivity contribution in [1.29, 1.82) is 0 Å². The highest BCUT2D eigenvalue weighted by Gasteiger charge is 2.21. The van der Waals surface area contributed by atoms with Gasteiger partial charge in [-0.3, -0.25) is 0 Å². The molecule has 0 aromatic rings. The highest BCUT2D eigenvalue weighted by atomic mass is 16.3. The number of hydrogen-bond acceptors (Lipinski definition) is 1. The van der Waals surface area contributed by atoms with Crippen LogP contribution in [0.4, 0.5) is 0 Å². The van der Waals surface area contributed by atoms with Crippen molar-refractivity contribution in [3.63, 3.8) is 0 Å². The van der Waals surface area contributed by atoms with Crippen molar-refractivity contribution in [2.24, 2.45) is 11.3 Å². The Balaban J connectivity index is 2.15. The third kappa shape index (κ3) is 3.14. The molecule has 0 saturated heterocycles. The van der Waals surface area contributed by atoms with Gasteiger partial charge in [0.05, 0.1) is 0 Å². The Labute approximate surface area is 76.2 Å². The first-order valence-corrected chi connectivity index (χ1v) is 5.25. The van der Waals surface area contributed by atoms with Crippen LogP contribution in [0.5, 0.6) is 0 Å². The van der Waals surface area contributed by atoms with Crippen LogP contribution >= 0.6 is 0 Å². The number of aliphatic hydroxyl groups excluding tert-OH is 1. The molecule has 0 heterocycles. The molecular weight excluding hydrogens is 148 g/mol. The molecule has 0 atom stereocenters. The van der Waals surface area contributed by atoms with E-state index in [1.54, 1.807) is 0 Å². The highest BCUT2D eigenvalue weighted by molar-refractivity contribution is 4.73. The number of rotatable bonds is 4. The van der Waals surface area contributed by atoms with Gasteiger partial charge in [0.25, 0.3) is 0 Å². The predicted octanol–water partition coefficient (Wildman–Crippen LogP) is 2.98. The molecule has 0 radical (unpaired) electrons. The molecule has 0 spiro atoms. The van der Waals surface area contributed by atoms with E-state index in [9.17, 15) is 0 Å². The molecule has 0 unspecified atom stereocenters. The van der Waals surface area contributed by atoms with E-state index in [4.69, 9.17) is 5.11 Å². The highest BCUT2D eigenvalue weighted by Crippen LogP contribution is 2.32. The third-order valence-corrected chi connectivity index (χ3v) is 3.13. The summed E-state index contributed by atoms with van der Waals surface area (Å²) in [4.78, 5) is 0. The topological polar surface area (TPSA) is 20.2 Å². The van der Waals surface area contributed by atoms with Crippen LogP contribution in [0.3, 0.4) is 0 Å². The summed E-state index contributed by atoms with van der Waals surface area (Å²) in [5.41, 5.74) is 0.155. The van der Waals surface area contributed by atoms with Crippen molar-refractivity contribution in [2.45, 2.75) is 52.4 Å². The lowest BCUT2D eigenvalue weighted by Gasteiger charge is -2.23. The van der Waals surface area contributed by atoms with Crippen molar-refractivity contribution in [2.75, 3.05) is 6.61 Å². The Hall–Kier alpha value is -0.0400. The maximum absolute atomic E-state index is 9.07. The van der Waals surface area contributed by atoms with Gasteiger partial charge in [0, 0.05) is 6.61 Å². The summed E-state index contributed by atoms with van der Waals surface area (Å²) in [6.07, 6.45) is 8.25. The molecule has 1 fully saturated rings. The van der Waals surface area contributed by atoms with Gasteiger partial charge in [0.2, 0.25) is 0 Å². The summed E-state index contributed by atoms with van der Waals surface area (Å²) in [5.74, 6) is 0.968. The summed E-state index contributed by atoms with van der Waals surface area (Å²) < 4.78 is 0. The molecule has 1 rings (SSSR count). The first-order valence-electron chi connectivity index (χ1n) is 5.25. The van der Waals surface area contributed by atoms with E-state index in [1.807, 2.05) is 0 Å². The van der Waals surface area contributed by atoms with E-state index in [1.165, 1.54) is 38.5 Å². The Bertz CT molecular complexity index is 123. The minimum Gasteiger partial charge on any atom is -0.396 e. The molecule has 0 aliphatic heterocycles. The van der Waals surface area contributed by atoms with Gasteiger partial charge in [0.15, 0.2) is 0 Å². The average molecular weight is 170 g/mol. The van der Waals surface area contributed by atoms with Crippen LogP contribution in [0, 0.1) is 11.3 Å². The smallest absolute Gasteiger partial charge is 0.0482 e. The Morgan fingerprint density at radius 2 is 1.83 bits per heavy atom. The minimum absolute atomic E-state index is 0.155. The Kier molecular flexibility index (Phi) is 3.57. The van der Waals surface area contributed by atoms with Gasteiger partial charge >= 0.3 is 0 Å². The normalized spacial score (nSPS) is 20.2. The summed E-state index contributed by atoms with van der Waals surface area (Å²) in [7, 11) is 0. The Morgan fingerprint density at radius 3 is 2.33 bits per heavy atom. The van der Waals surface area contributed by atoms with Gasteiger partial charge in [0.1, 0.15) is 0 Å². The van der Waals surface area contributed by atoms with E-state index >= 15 is 0 Å². The molecular formula is C11H22O. The predicted molar refractivity (Wildman–Crippen MR) is 52.1 cm³/mol. The molecule has 1 saturated carbocycles. The van der Waals surface area contributed by atoms with Gasteiger partial charge in [-0.05, 0) is 24.2 Å². The second kappa shape index (κ2) is 4.27. The fourth-order valence-corrected chi connectivity index (χ4v) is 1.97. The van der Waals surface area contributed by atoms with Crippen molar-refractivity contribution >= 4 is 0 Å². The fraction of sp³-hybridized carbons (Fsp3) is 1.00. The van der Waals surface area contributed by atoms with Gasteiger partial charge in [-0.15, -0.1) is 0 Å². The maximum Gasteiger partial charge on any atom is 0.0482 e. The number of hydrogen-bond donors (Lipinski definition) is 1. The van der Waals surface area contributed by atoms with Crippen LogP contribution < -0.4 is 0 Å². The largest absolute Gasteiger partial charge is 0.396 e. The zero-order valence-corrected chi connectivity index (χ0v) is 8.47. The van der Waals surface area contributed by atoms with Gasteiger partial charge in [-0.25, -0.2) is 0 Å². The third-order valence-electron chi connectivity index (χ3n) is 3.13. The maximum atomic E-state index is 9.07. The van der Waals surface area contributed by atoms with Crippen molar-refractivity contribution < 1.29 is 5.11 Å². The lowest BCUT2D eigenvalue weighted by atomic mass is 9.85. The standard InChI is InChI=1S/C11H22O/c1-11(2,9-12)8-7-10-5-3-4-6-10/h10,12H,3-9H2,1-2H3. The van der Waals surface area contributed by atoms with Crippen LogP contribution in [0.25, 0.3) is 0 Å². The quantitative estimate of drug-likeness (QED) is 0.687. The monoisotopic (exact) mass is 170 g/mol. The molecule has 0 aromatic heterocycles. The van der Waals surface area contributed by atoms with Gasteiger partial charge in [-0.2, -0.15) is 0 Å². The van der Waals surface area contributed by atoms with Crippen molar-refractivity contribution in [1.82, 2.24) is 0 Å². The van der Waals surface area contributed by atoms with E-state index < -0.39 is 0 Å². The Morgan fingerprint density at radius 1 is 1.25 bits per heavy atom. The second-order valence-electron chi connectivity index (χ2n) is 5.01. The SMILES string of the molecule is CC(C)(CO)CCC1CCCC1. The lowest BCUT2D eigenvalue weighted by molar-refractivity contribution is 0.142. The van der Waals surface area contributed by atoms with Crippen LogP contribution in [0.2, 0.25) is 0 Å². The summed E-state index contributed by atoms with van der Waals surface area (Å²) in [6, 6.07) is 0. The number of aliphatic hydroxyl groups is 1.